The number of ether oxygens (including phenoxy) is 2. The molecule has 3 aromatic carbocycles. The van der Waals surface area contributed by atoms with Gasteiger partial charge in [0.25, 0.3) is 5.91 Å². The second-order valence-corrected chi connectivity index (χ2v) is 7.22. The Kier molecular flexibility index (Phi) is 6.72. The third kappa shape index (κ3) is 4.97. The molecule has 0 atom stereocenters. The number of carbonyl (C=O) groups excluding carboxylic acids is 1. The van der Waals surface area contributed by atoms with Gasteiger partial charge in [-0.15, -0.1) is 0 Å². The molecule has 6 nitrogen and oxygen atoms in total. The summed E-state index contributed by atoms with van der Waals surface area (Å²) in [5.74, 6) is -0.628. The predicted octanol–water partition coefficient (Wildman–Crippen LogP) is 6.40. The van der Waals surface area contributed by atoms with Crippen molar-refractivity contribution in [3.63, 3.8) is 0 Å². The summed E-state index contributed by atoms with van der Waals surface area (Å²) < 4.78 is 10.9. The average Bonchev–Trinajstić information content (AvgIpc) is 2.72. The van der Waals surface area contributed by atoms with Crippen LogP contribution in [0.1, 0.15) is 20.7 Å². The molecule has 1 amide bonds. The fourth-order valence-corrected chi connectivity index (χ4v) is 3.02. The van der Waals surface area contributed by atoms with Crippen LogP contribution in [0.2, 0.25) is 15.1 Å². The molecule has 0 unspecified atom stereocenters. The number of carboxylic acid groups (broad SMARTS) is 1. The van der Waals surface area contributed by atoms with Gasteiger partial charge in [-0.25, -0.2) is 4.79 Å². The monoisotopic (exact) mass is 465 g/mol. The quantitative estimate of drug-likeness (QED) is 0.439. The highest BCUT2D eigenvalue weighted by Gasteiger charge is 2.18. The molecule has 0 saturated carbocycles. The van der Waals surface area contributed by atoms with Gasteiger partial charge in [-0.05, 0) is 42.5 Å². The van der Waals surface area contributed by atoms with E-state index in [0.29, 0.717) is 11.4 Å². The first-order valence-corrected chi connectivity index (χ1v) is 9.57. The summed E-state index contributed by atoms with van der Waals surface area (Å²) in [6.45, 7) is 0. The van der Waals surface area contributed by atoms with Gasteiger partial charge in [-0.3, -0.25) is 4.79 Å². The van der Waals surface area contributed by atoms with Crippen LogP contribution in [0, 0.1) is 0 Å². The number of aromatic carboxylic acids is 1. The molecule has 3 aromatic rings. The van der Waals surface area contributed by atoms with Crippen molar-refractivity contribution in [2.75, 3.05) is 12.4 Å². The van der Waals surface area contributed by atoms with E-state index in [2.05, 4.69) is 5.32 Å². The number of methoxy groups -OCH3 is 1. The maximum atomic E-state index is 12.8. The minimum atomic E-state index is -1.07. The number of nitrogens with one attached hydrogen (secondary N) is 1. The van der Waals surface area contributed by atoms with Crippen molar-refractivity contribution in [1.29, 1.82) is 0 Å². The number of anilines is 1. The van der Waals surface area contributed by atoms with Crippen molar-refractivity contribution < 1.29 is 24.2 Å². The number of benzene rings is 3. The van der Waals surface area contributed by atoms with Gasteiger partial charge in [0.2, 0.25) is 0 Å². The third-order valence-electron chi connectivity index (χ3n) is 4.02. The summed E-state index contributed by atoms with van der Waals surface area (Å²) >= 11 is 18.4. The lowest BCUT2D eigenvalue weighted by atomic mass is 10.1. The largest absolute Gasteiger partial charge is 0.497 e. The van der Waals surface area contributed by atoms with Gasteiger partial charge >= 0.3 is 5.97 Å². The lowest BCUT2D eigenvalue weighted by Crippen LogP contribution is -2.13. The molecule has 2 N–H and O–H groups in total. The van der Waals surface area contributed by atoms with Crippen molar-refractivity contribution in [2.45, 2.75) is 0 Å². The summed E-state index contributed by atoms with van der Waals surface area (Å²) in [5.41, 5.74) is 0.601. The Hall–Kier alpha value is -2.93. The molecule has 0 fully saturated rings. The SMILES string of the molecule is COc1ccc(Oc2cc(Cl)c(Cl)cc2C(=O)Nc2ccc(C(=O)O)cc2)c(Cl)c1. The van der Waals surface area contributed by atoms with E-state index in [1.807, 2.05) is 0 Å². The first kappa shape index (κ1) is 21.8. The summed E-state index contributed by atoms with van der Waals surface area (Å²) in [5, 5.41) is 12.3. The topological polar surface area (TPSA) is 84.9 Å². The Bertz CT molecular complexity index is 1120. The Balaban J connectivity index is 1.91. The average molecular weight is 467 g/mol. The molecule has 0 aromatic heterocycles. The Morgan fingerprint density at radius 2 is 1.53 bits per heavy atom. The van der Waals surface area contributed by atoms with Gasteiger partial charge < -0.3 is 19.9 Å². The Labute approximate surface area is 186 Å². The number of halogens is 3. The van der Waals surface area contributed by atoms with Crippen LogP contribution in [0.25, 0.3) is 0 Å². The smallest absolute Gasteiger partial charge is 0.335 e. The molecule has 154 valence electrons. The number of hydrogen-bond acceptors (Lipinski definition) is 4. The van der Waals surface area contributed by atoms with Crippen molar-refractivity contribution in [1.82, 2.24) is 0 Å². The molecule has 0 saturated heterocycles. The van der Waals surface area contributed by atoms with E-state index in [4.69, 9.17) is 49.4 Å². The fraction of sp³-hybridized carbons (Fsp3) is 0.0476. The third-order valence-corrected chi connectivity index (χ3v) is 5.03. The summed E-state index contributed by atoms with van der Waals surface area (Å²) in [6, 6.07) is 13.3. The van der Waals surface area contributed by atoms with E-state index in [1.165, 1.54) is 43.5 Å². The summed E-state index contributed by atoms with van der Waals surface area (Å²) in [4.78, 5) is 23.8. The molecule has 0 bridgehead atoms. The van der Waals surface area contributed by atoms with Gasteiger partial charge in [0.15, 0.2) is 0 Å². The molecule has 0 heterocycles. The minimum absolute atomic E-state index is 0.0979. The number of amides is 1. The minimum Gasteiger partial charge on any atom is -0.497 e. The summed E-state index contributed by atoms with van der Waals surface area (Å²) in [7, 11) is 1.51. The zero-order chi connectivity index (χ0) is 21.8. The highest BCUT2D eigenvalue weighted by atomic mass is 35.5. The van der Waals surface area contributed by atoms with Crippen LogP contribution in [0.3, 0.4) is 0 Å². The molecule has 0 spiro atoms. The maximum Gasteiger partial charge on any atom is 0.335 e. The number of carbonyl (C=O) groups is 2. The van der Waals surface area contributed by atoms with E-state index in [-0.39, 0.29) is 37.7 Å². The molecule has 0 radical (unpaired) electrons. The van der Waals surface area contributed by atoms with E-state index in [9.17, 15) is 9.59 Å². The second kappa shape index (κ2) is 9.26. The highest BCUT2D eigenvalue weighted by molar-refractivity contribution is 6.42. The number of carboxylic acids is 1. The van der Waals surface area contributed by atoms with Crippen molar-refractivity contribution >= 4 is 52.4 Å². The maximum absolute atomic E-state index is 12.8. The molecular formula is C21H14Cl3NO5. The van der Waals surface area contributed by atoms with E-state index in [0.717, 1.165) is 0 Å². The number of hydrogen-bond donors (Lipinski definition) is 2. The molecule has 0 aliphatic rings. The lowest BCUT2D eigenvalue weighted by molar-refractivity contribution is 0.0696. The zero-order valence-corrected chi connectivity index (χ0v) is 17.7. The van der Waals surface area contributed by atoms with E-state index < -0.39 is 11.9 Å². The van der Waals surface area contributed by atoms with Crippen molar-refractivity contribution in [3.8, 4) is 17.2 Å². The van der Waals surface area contributed by atoms with Crippen LogP contribution >= 0.6 is 34.8 Å². The van der Waals surface area contributed by atoms with Crippen LogP contribution in [-0.2, 0) is 0 Å². The van der Waals surface area contributed by atoms with Gasteiger partial charge in [-0.2, -0.15) is 0 Å². The van der Waals surface area contributed by atoms with E-state index >= 15 is 0 Å². The van der Waals surface area contributed by atoms with Crippen LogP contribution in [0.4, 0.5) is 5.69 Å². The molecule has 0 aliphatic carbocycles. The van der Waals surface area contributed by atoms with Crippen LogP contribution in [0.15, 0.2) is 54.6 Å². The summed E-state index contributed by atoms with van der Waals surface area (Å²) in [6.07, 6.45) is 0. The highest BCUT2D eigenvalue weighted by Crippen LogP contribution is 2.37. The van der Waals surface area contributed by atoms with Crippen LogP contribution in [-0.4, -0.2) is 24.1 Å². The molecular weight excluding hydrogens is 453 g/mol. The molecule has 30 heavy (non-hydrogen) atoms. The van der Waals surface area contributed by atoms with E-state index in [1.54, 1.807) is 18.2 Å². The normalized spacial score (nSPS) is 10.4. The first-order valence-electron chi connectivity index (χ1n) is 8.43. The predicted molar refractivity (Wildman–Crippen MR) is 116 cm³/mol. The van der Waals surface area contributed by atoms with Gasteiger partial charge in [0, 0.05) is 17.8 Å². The van der Waals surface area contributed by atoms with Crippen LogP contribution in [0.5, 0.6) is 17.2 Å². The number of rotatable bonds is 6. The van der Waals surface area contributed by atoms with Crippen molar-refractivity contribution in [3.05, 3.63) is 80.8 Å². The first-order chi connectivity index (χ1) is 14.3. The zero-order valence-electron chi connectivity index (χ0n) is 15.4. The second-order valence-electron chi connectivity index (χ2n) is 6.00. The lowest BCUT2D eigenvalue weighted by Gasteiger charge is -2.14. The van der Waals surface area contributed by atoms with Gasteiger partial charge in [0.1, 0.15) is 17.2 Å². The molecule has 0 aliphatic heterocycles. The Morgan fingerprint density at radius 3 is 2.13 bits per heavy atom. The molecule has 3 rings (SSSR count). The van der Waals surface area contributed by atoms with Gasteiger partial charge in [-0.1, -0.05) is 34.8 Å². The van der Waals surface area contributed by atoms with Crippen LogP contribution < -0.4 is 14.8 Å². The molecule has 9 heteroatoms. The van der Waals surface area contributed by atoms with Crippen molar-refractivity contribution in [2.24, 2.45) is 0 Å². The Morgan fingerprint density at radius 1 is 0.867 bits per heavy atom. The van der Waals surface area contributed by atoms with Gasteiger partial charge in [0.05, 0.1) is 33.3 Å². The fourth-order valence-electron chi connectivity index (χ4n) is 2.49. The standard InChI is InChI=1S/C21H14Cl3NO5/c1-29-13-6-7-18(17(24)8-13)30-19-10-16(23)15(22)9-14(19)20(26)25-12-4-2-11(3-5-12)21(27)28/h2-10H,1H3,(H,25,26)(H,27,28).